The summed E-state index contributed by atoms with van der Waals surface area (Å²) in [7, 11) is 1.46. The van der Waals surface area contributed by atoms with Crippen LogP contribution in [0, 0.1) is 10.1 Å². The molecule has 0 bridgehead atoms. The van der Waals surface area contributed by atoms with Crippen molar-refractivity contribution in [3.63, 3.8) is 0 Å². The van der Waals surface area contributed by atoms with Crippen LogP contribution in [-0.4, -0.2) is 41.2 Å². The number of carbonyl (C=O) groups is 1. The zero-order valence-electron chi connectivity index (χ0n) is 17.7. The Labute approximate surface area is 183 Å². The van der Waals surface area contributed by atoms with Crippen LogP contribution in [0.3, 0.4) is 0 Å². The third-order valence-electron chi connectivity index (χ3n) is 5.97. The normalized spacial score (nSPS) is 21.7. The van der Waals surface area contributed by atoms with E-state index in [9.17, 15) is 20.0 Å². The molecule has 166 valence electrons. The standard InChI is InChI=1S/C23H21NO8/c1-23(2)5-4-12-17(32-23)8-14(24(27)28)20-21(26)19-13-7-15(29-3)11(9-25)6-16(13)30-10-18(19)31-22(12)20/h4-8,18-19,25H,9-10H2,1-3H3/t18-,19+/m1/s1. The minimum absolute atomic E-state index is 0.0770. The number of aliphatic hydroxyl groups is 1. The fraction of sp³-hybridized carbons (Fsp3) is 0.348. The molecule has 0 fully saturated rings. The van der Waals surface area contributed by atoms with Crippen LogP contribution in [0.2, 0.25) is 0 Å². The van der Waals surface area contributed by atoms with Crippen molar-refractivity contribution in [2.75, 3.05) is 13.7 Å². The largest absolute Gasteiger partial charge is 0.496 e. The van der Waals surface area contributed by atoms with Gasteiger partial charge in [0, 0.05) is 11.1 Å². The Kier molecular flexibility index (Phi) is 4.42. The van der Waals surface area contributed by atoms with E-state index in [0.29, 0.717) is 33.9 Å². The Hall–Kier alpha value is -3.59. The molecule has 2 aromatic rings. The molecule has 0 unspecified atom stereocenters. The van der Waals surface area contributed by atoms with Crippen molar-refractivity contribution in [2.45, 2.75) is 38.1 Å². The number of fused-ring (bicyclic) bond motifs is 6. The lowest BCUT2D eigenvalue weighted by Gasteiger charge is -2.38. The predicted molar refractivity (Wildman–Crippen MR) is 113 cm³/mol. The Bertz CT molecular complexity index is 1200. The molecule has 5 rings (SSSR count). The lowest BCUT2D eigenvalue weighted by Crippen LogP contribution is -2.43. The molecule has 32 heavy (non-hydrogen) atoms. The lowest BCUT2D eigenvalue weighted by molar-refractivity contribution is -0.385. The van der Waals surface area contributed by atoms with Crippen LogP contribution in [0.1, 0.15) is 46.8 Å². The number of hydrogen-bond acceptors (Lipinski definition) is 8. The van der Waals surface area contributed by atoms with Gasteiger partial charge in [0.25, 0.3) is 5.69 Å². The summed E-state index contributed by atoms with van der Waals surface area (Å²) in [5, 5.41) is 21.5. The van der Waals surface area contributed by atoms with Crippen molar-refractivity contribution < 1.29 is 33.8 Å². The molecule has 9 nitrogen and oxygen atoms in total. The van der Waals surface area contributed by atoms with Gasteiger partial charge in [-0.05, 0) is 38.1 Å². The molecule has 0 radical (unpaired) electrons. The van der Waals surface area contributed by atoms with Gasteiger partial charge < -0.3 is 24.1 Å². The number of nitrogens with zero attached hydrogens (tertiary/aromatic N) is 1. The molecular formula is C23H21NO8. The number of nitro benzene ring substituents is 1. The summed E-state index contributed by atoms with van der Waals surface area (Å²) in [4.78, 5) is 25.0. The quantitative estimate of drug-likeness (QED) is 0.571. The molecule has 3 heterocycles. The van der Waals surface area contributed by atoms with Gasteiger partial charge in [0.2, 0.25) is 0 Å². The number of ether oxygens (including phenoxy) is 4. The number of aliphatic hydroxyl groups excluding tert-OH is 1. The van der Waals surface area contributed by atoms with Crippen molar-refractivity contribution in [3.8, 4) is 23.0 Å². The third-order valence-corrected chi connectivity index (χ3v) is 5.97. The SMILES string of the molecule is COc1cc2c(cc1CO)OC[C@H]1Oc3c4c(cc([N+](=O)[O-])c3C(=O)[C@@H]21)OC(C)(C)C=C4. The van der Waals surface area contributed by atoms with E-state index in [0.717, 1.165) is 0 Å². The van der Waals surface area contributed by atoms with Crippen LogP contribution >= 0.6 is 0 Å². The van der Waals surface area contributed by atoms with Gasteiger partial charge in [-0.15, -0.1) is 0 Å². The van der Waals surface area contributed by atoms with E-state index in [4.69, 9.17) is 18.9 Å². The van der Waals surface area contributed by atoms with Gasteiger partial charge >= 0.3 is 0 Å². The molecule has 0 saturated carbocycles. The van der Waals surface area contributed by atoms with Crippen LogP contribution in [0.25, 0.3) is 6.08 Å². The summed E-state index contributed by atoms with van der Waals surface area (Å²) in [6, 6.07) is 4.53. The highest BCUT2D eigenvalue weighted by molar-refractivity contribution is 6.09. The van der Waals surface area contributed by atoms with Crippen LogP contribution in [0.5, 0.6) is 23.0 Å². The molecule has 0 saturated heterocycles. The topological polar surface area (TPSA) is 117 Å². The van der Waals surface area contributed by atoms with E-state index < -0.39 is 28.3 Å². The zero-order valence-corrected chi connectivity index (χ0v) is 17.7. The number of rotatable bonds is 3. The number of methoxy groups -OCH3 is 1. The highest BCUT2D eigenvalue weighted by Crippen LogP contribution is 2.51. The highest BCUT2D eigenvalue weighted by atomic mass is 16.6. The van der Waals surface area contributed by atoms with Crippen LogP contribution in [0.15, 0.2) is 24.3 Å². The van der Waals surface area contributed by atoms with Crippen molar-refractivity contribution >= 4 is 17.5 Å². The molecule has 1 N–H and O–H groups in total. The number of ketones is 1. The van der Waals surface area contributed by atoms with Crippen LogP contribution < -0.4 is 18.9 Å². The van der Waals surface area contributed by atoms with Gasteiger partial charge in [-0.3, -0.25) is 14.9 Å². The van der Waals surface area contributed by atoms with Gasteiger partial charge in [-0.1, -0.05) is 0 Å². The maximum absolute atomic E-state index is 13.7. The van der Waals surface area contributed by atoms with E-state index in [2.05, 4.69) is 0 Å². The zero-order chi connectivity index (χ0) is 22.8. The first kappa shape index (κ1) is 20.3. The number of nitro groups is 1. The maximum atomic E-state index is 13.7. The van der Waals surface area contributed by atoms with Crippen LogP contribution in [0.4, 0.5) is 5.69 Å². The molecular weight excluding hydrogens is 418 g/mol. The highest BCUT2D eigenvalue weighted by Gasteiger charge is 2.48. The number of carbonyl (C=O) groups excluding carboxylic acids is 1. The Morgan fingerprint density at radius 2 is 2.06 bits per heavy atom. The van der Waals surface area contributed by atoms with Crippen molar-refractivity contribution in [1.29, 1.82) is 0 Å². The smallest absolute Gasteiger partial charge is 0.287 e. The number of hydrogen-bond donors (Lipinski definition) is 1. The molecule has 0 amide bonds. The fourth-order valence-electron chi connectivity index (χ4n) is 4.47. The molecule has 3 aliphatic rings. The maximum Gasteiger partial charge on any atom is 0.287 e. The minimum Gasteiger partial charge on any atom is -0.496 e. The fourth-order valence-corrected chi connectivity index (χ4v) is 4.47. The second kappa shape index (κ2) is 6.96. The van der Waals surface area contributed by atoms with E-state index in [1.807, 2.05) is 19.9 Å². The summed E-state index contributed by atoms with van der Waals surface area (Å²) < 4.78 is 23.3. The average molecular weight is 439 g/mol. The third kappa shape index (κ3) is 2.92. The monoisotopic (exact) mass is 439 g/mol. The van der Waals surface area contributed by atoms with Crippen molar-refractivity contribution in [3.05, 3.63) is 56.6 Å². The van der Waals surface area contributed by atoms with Gasteiger partial charge in [-0.25, -0.2) is 0 Å². The molecule has 3 aliphatic heterocycles. The molecule has 2 atom stereocenters. The molecule has 2 aromatic carbocycles. The Morgan fingerprint density at radius 1 is 1.28 bits per heavy atom. The summed E-state index contributed by atoms with van der Waals surface area (Å²) >= 11 is 0. The number of benzene rings is 2. The van der Waals surface area contributed by atoms with Gasteiger partial charge in [0.05, 0.1) is 36.2 Å². The second-order valence-corrected chi connectivity index (χ2v) is 8.48. The first-order valence-electron chi connectivity index (χ1n) is 10.1. The molecule has 0 aromatic heterocycles. The summed E-state index contributed by atoms with van der Waals surface area (Å²) in [6.07, 6.45) is 2.90. The predicted octanol–water partition coefficient (Wildman–Crippen LogP) is 3.40. The second-order valence-electron chi connectivity index (χ2n) is 8.48. The van der Waals surface area contributed by atoms with E-state index in [-0.39, 0.29) is 30.2 Å². The minimum atomic E-state index is -0.811. The van der Waals surface area contributed by atoms with Crippen LogP contribution in [-0.2, 0) is 6.61 Å². The van der Waals surface area contributed by atoms with Gasteiger partial charge in [0.15, 0.2) is 5.78 Å². The van der Waals surface area contributed by atoms with Crippen molar-refractivity contribution in [2.24, 2.45) is 0 Å². The lowest BCUT2D eigenvalue weighted by atomic mass is 9.80. The molecule has 0 aliphatic carbocycles. The Morgan fingerprint density at radius 3 is 2.75 bits per heavy atom. The van der Waals surface area contributed by atoms with E-state index in [1.54, 1.807) is 18.2 Å². The van der Waals surface area contributed by atoms with Gasteiger partial charge in [-0.2, -0.15) is 0 Å². The number of Topliss-reactive ketones (excluding diaryl/α,β-unsaturated/α-hetero) is 1. The first-order chi connectivity index (χ1) is 15.2. The summed E-state index contributed by atoms with van der Waals surface area (Å²) in [6.45, 7) is 3.48. The van der Waals surface area contributed by atoms with Gasteiger partial charge in [0.1, 0.15) is 46.9 Å². The van der Waals surface area contributed by atoms with Crippen molar-refractivity contribution in [1.82, 2.24) is 0 Å². The summed E-state index contributed by atoms with van der Waals surface area (Å²) in [5.74, 6) is 0.00961. The molecule has 0 spiro atoms. The molecule has 9 heteroatoms. The first-order valence-corrected chi connectivity index (χ1v) is 10.1. The van der Waals surface area contributed by atoms with E-state index >= 15 is 0 Å². The summed E-state index contributed by atoms with van der Waals surface area (Å²) in [5.41, 5.74) is 0.423. The Balaban J connectivity index is 1.70. The van der Waals surface area contributed by atoms with E-state index in [1.165, 1.54) is 13.2 Å². The average Bonchev–Trinajstić information content (AvgIpc) is 2.76.